The number of hydrogen-bond donors (Lipinski definition) is 0. The molecule has 0 aliphatic carbocycles. The molecule has 0 aromatic heterocycles. The second-order valence-electron chi connectivity index (χ2n) is 11.7. The van der Waals surface area contributed by atoms with Crippen LogP contribution < -0.4 is 19.1 Å². The third-order valence-electron chi connectivity index (χ3n) is 7.80. The van der Waals surface area contributed by atoms with E-state index in [0.29, 0.717) is 61.2 Å². The third kappa shape index (κ3) is 6.81. The molecule has 1 amide bonds. The van der Waals surface area contributed by atoms with E-state index in [0.717, 1.165) is 11.3 Å². The van der Waals surface area contributed by atoms with E-state index in [4.69, 9.17) is 18.9 Å². The van der Waals surface area contributed by atoms with Crippen LogP contribution in [0.5, 0.6) is 17.2 Å². The first-order chi connectivity index (χ1) is 21.0. The number of methoxy groups -OCH3 is 2. The number of benzene rings is 2. The van der Waals surface area contributed by atoms with Gasteiger partial charge in [0, 0.05) is 51.0 Å². The quantitative estimate of drug-likeness (QED) is 0.308. The van der Waals surface area contributed by atoms with Crippen LogP contribution in [0.4, 0.5) is 10.1 Å². The van der Waals surface area contributed by atoms with Crippen LogP contribution in [0, 0.1) is 5.82 Å². The maximum absolute atomic E-state index is 15.8. The fraction of sp³-hybridized carbons (Fsp3) is 0.531. The summed E-state index contributed by atoms with van der Waals surface area (Å²) in [6.45, 7) is 13.0. The normalized spacial score (nSPS) is 15.9. The molecule has 2 aliphatic rings. The Kier molecular flexibility index (Phi) is 10.8. The Labute approximate surface area is 267 Å². The molecule has 4 rings (SSSR count). The number of fused-ring (bicyclic) bond motifs is 1. The van der Waals surface area contributed by atoms with Gasteiger partial charge < -0.3 is 33.6 Å². The predicted octanol–water partition coefficient (Wildman–Crippen LogP) is 4.98. The first-order valence-corrected chi connectivity index (χ1v) is 15.5. The molecular formula is C32H42BrFN4O6. The molecule has 0 spiro atoms. The molecule has 0 unspecified atom stereocenters. The number of halogens is 2. The standard InChI is InChI=1S/C32H42BrFN4O6/c1-8-43-25-16-21-17-38(31(35-33)27(21)28(34)30(25)44-9-2)18-24(39)20-14-22(32(3,4)5)29(42-7)23(15-20)36-10-12-37(13-11-36)26(40)19-41-6/h14-16H,8-13,17-19H2,1-7H3/b35-31-. The van der Waals surface area contributed by atoms with Gasteiger partial charge in [0.2, 0.25) is 5.91 Å². The second-order valence-corrected chi connectivity index (χ2v) is 12.1. The molecule has 2 heterocycles. The molecule has 2 aliphatic heterocycles. The summed E-state index contributed by atoms with van der Waals surface area (Å²) in [6.07, 6.45) is 0. The Morgan fingerprint density at radius 3 is 2.25 bits per heavy atom. The number of hydrogen-bond acceptors (Lipinski definition) is 8. The fourth-order valence-electron chi connectivity index (χ4n) is 5.69. The highest BCUT2D eigenvalue weighted by Gasteiger charge is 2.35. The summed E-state index contributed by atoms with van der Waals surface area (Å²) in [6, 6.07) is 5.51. The molecule has 2 aromatic carbocycles. The van der Waals surface area contributed by atoms with Crippen LogP contribution in [0.25, 0.3) is 0 Å². The Balaban J connectivity index is 1.66. The van der Waals surface area contributed by atoms with Crippen molar-refractivity contribution in [3.05, 3.63) is 46.3 Å². The zero-order valence-corrected chi connectivity index (χ0v) is 28.2. The van der Waals surface area contributed by atoms with Gasteiger partial charge in [-0.2, -0.15) is 4.02 Å². The zero-order valence-electron chi connectivity index (χ0n) is 26.6. The maximum Gasteiger partial charge on any atom is 0.248 e. The number of ether oxygens (including phenoxy) is 4. The van der Waals surface area contributed by atoms with E-state index in [2.05, 4.69) is 45.8 Å². The monoisotopic (exact) mass is 676 g/mol. The fourth-order valence-corrected chi connectivity index (χ4v) is 6.09. The van der Waals surface area contributed by atoms with Crippen LogP contribution in [-0.2, 0) is 21.5 Å². The Bertz CT molecular complexity index is 1420. The molecule has 0 saturated carbocycles. The van der Waals surface area contributed by atoms with Gasteiger partial charge in [-0.25, -0.2) is 4.39 Å². The first kappa shape index (κ1) is 33.5. The van der Waals surface area contributed by atoms with Gasteiger partial charge in [0.15, 0.2) is 23.1 Å². The predicted molar refractivity (Wildman–Crippen MR) is 171 cm³/mol. The molecule has 0 bridgehead atoms. The van der Waals surface area contributed by atoms with E-state index in [1.54, 1.807) is 29.9 Å². The van der Waals surface area contributed by atoms with Crippen molar-refractivity contribution in [2.45, 2.75) is 46.6 Å². The lowest BCUT2D eigenvalue weighted by Gasteiger charge is -2.38. The second kappa shape index (κ2) is 14.2. The molecule has 1 fully saturated rings. The highest BCUT2D eigenvalue weighted by molar-refractivity contribution is 9.08. The van der Waals surface area contributed by atoms with Gasteiger partial charge in [-0.3, -0.25) is 9.59 Å². The molecule has 0 N–H and O–H groups in total. The molecule has 0 atom stereocenters. The van der Waals surface area contributed by atoms with Crippen molar-refractivity contribution >= 4 is 39.4 Å². The third-order valence-corrected chi connectivity index (χ3v) is 8.14. The Hall–Kier alpha value is -3.38. The summed E-state index contributed by atoms with van der Waals surface area (Å²) in [5.74, 6) is 0.621. The minimum atomic E-state index is -0.564. The SMILES string of the molecule is CCOc1cc2c(c(F)c1OCC)/C(=N/Br)N(CC(=O)c1cc(N3CCN(C(=O)COC)CC3)c(OC)c(C(C)(C)C)c1)C2. The minimum Gasteiger partial charge on any atom is -0.494 e. The van der Waals surface area contributed by atoms with Gasteiger partial charge in [-0.15, -0.1) is 0 Å². The van der Waals surface area contributed by atoms with E-state index in [-0.39, 0.29) is 54.7 Å². The van der Waals surface area contributed by atoms with Gasteiger partial charge in [-0.1, -0.05) is 20.8 Å². The van der Waals surface area contributed by atoms with Gasteiger partial charge in [-0.05, 0) is 43.0 Å². The molecule has 12 heteroatoms. The summed E-state index contributed by atoms with van der Waals surface area (Å²) in [5.41, 5.74) is 2.83. The van der Waals surface area contributed by atoms with Crippen LogP contribution >= 0.6 is 16.1 Å². The van der Waals surface area contributed by atoms with Crippen molar-refractivity contribution in [3.8, 4) is 17.2 Å². The number of carbonyl (C=O) groups excluding carboxylic acids is 2. The van der Waals surface area contributed by atoms with Crippen molar-refractivity contribution in [1.82, 2.24) is 9.80 Å². The lowest BCUT2D eigenvalue weighted by atomic mass is 9.84. The number of amides is 1. The number of nitrogens with zero attached hydrogens (tertiary/aromatic N) is 4. The summed E-state index contributed by atoms with van der Waals surface area (Å²) in [7, 11) is 3.14. The van der Waals surface area contributed by atoms with E-state index in [1.165, 1.54) is 7.11 Å². The Morgan fingerprint density at radius 2 is 1.68 bits per heavy atom. The van der Waals surface area contributed by atoms with Crippen LogP contribution in [0.1, 0.15) is 61.7 Å². The maximum atomic E-state index is 15.8. The zero-order chi connectivity index (χ0) is 32.2. The van der Waals surface area contributed by atoms with Crippen LogP contribution in [0.2, 0.25) is 0 Å². The largest absolute Gasteiger partial charge is 0.494 e. The molecule has 0 radical (unpaired) electrons. The lowest BCUT2D eigenvalue weighted by Crippen LogP contribution is -2.50. The van der Waals surface area contributed by atoms with Gasteiger partial charge in [0.25, 0.3) is 0 Å². The molecule has 44 heavy (non-hydrogen) atoms. The molecule has 10 nitrogen and oxygen atoms in total. The average molecular weight is 678 g/mol. The first-order valence-electron chi connectivity index (χ1n) is 14.8. The number of anilines is 1. The van der Waals surface area contributed by atoms with E-state index in [1.807, 2.05) is 19.1 Å². The molecular weight excluding hydrogens is 635 g/mol. The Morgan fingerprint density at radius 1 is 1.00 bits per heavy atom. The van der Waals surface area contributed by atoms with Crippen LogP contribution in [0.3, 0.4) is 0 Å². The summed E-state index contributed by atoms with van der Waals surface area (Å²) in [5, 5.41) is 0. The minimum absolute atomic E-state index is 0.0266. The highest BCUT2D eigenvalue weighted by Crippen LogP contribution is 2.42. The number of carbonyl (C=O) groups is 2. The van der Waals surface area contributed by atoms with Crippen molar-refractivity contribution in [2.75, 3.05) is 71.7 Å². The highest BCUT2D eigenvalue weighted by atomic mass is 79.9. The van der Waals surface area contributed by atoms with Gasteiger partial charge in [0.05, 0.1) is 54.3 Å². The van der Waals surface area contributed by atoms with E-state index >= 15 is 4.39 Å². The topological polar surface area (TPSA) is 93.1 Å². The molecule has 2 aromatic rings. The van der Waals surface area contributed by atoms with Crippen molar-refractivity contribution < 1.29 is 32.9 Å². The number of piperazine rings is 1. The summed E-state index contributed by atoms with van der Waals surface area (Å²) < 4.78 is 42.2. The van der Waals surface area contributed by atoms with Crippen LogP contribution in [-0.4, -0.2) is 94.1 Å². The summed E-state index contributed by atoms with van der Waals surface area (Å²) >= 11 is 3.16. The number of Topliss-reactive ketones (excluding diaryl/α,β-unsaturated/α-hetero) is 1. The number of rotatable bonds is 11. The summed E-state index contributed by atoms with van der Waals surface area (Å²) in [4.78, 5) is 32.0. The van der Waals surface area contributed by atoms with E-state index < -0.39 is 5.82 Å². The molecule has 1 saturated heterocycles. The van der Waals surface area contributed by atoms with Crippen molar-refractivity contribution in [1.29, 1.82) is 0 Å². The van der Waals surface area contributed by atoms with Gasteiger partial charge >= 0.3 is 0 Å². The number of ketones is 1. The number of amidine groups is 1. The van der Waals surface area contributed by atoms with E-state index in [9.17, 15) is 9.59 Å². The smallest absolute Gasteiger partial charge is 0.248 e. The molecule has 240 valence electrons. The van der Waals surface area contributed by atoms with Gasteiger partial charge in [0.1, 0.15) is 18.2 Å². The average Bonchev–Trinajstić information content (AvgIpc) is 3.35. The lowest BCUT2D eigenvalue weighted by molar-refractivity contribution is -0.135. The van der Waals surface area contributed by atoms with Crippen LogP contribution in [0.15, 0.2) is 22.2 Å². The van der Waals surface area contributed by atoms with Crippen molar-refractivity contribution in [3.63, 3.8) is 0 Å². The van der Waals surface area contributed by atoms with Crippen molar-refractivity contribution in [2.24, 2.45) is 4.02 Å².